The van der Waals surface area contributed by atoms with E-state index in [0.29, 0.717) is 6.54 Å². The van der Waals surface area contributed by atoms with Gasteiger partial charge in [0.1, 0.15) is 5.84 Å². The highest BCUT2D eigenvalue weighted by atomic mass is 32.7. The van der Waals surface area contributed by atoms with Crippen LogP contribution < -0.4 is 11.1 Å². The molecule has 1 heterocycles. The molecule has 0 unspecified atom stereocenters. The molecule has 1 aromatic carbocycles. The minimum absolute atomic E-state index is 0.0603. The zero-order valence-corrected chi connectivity index (χ0v) is 19.5. The summed E-state index contributed by atoms with van der Waals surface area (Å²) in [6, 6.07) is 8.58. The fourth-order valence-corrected chi connectivity index (χ4v) is 5.71. The number of rotatable bonds is 9. The molecular weight excluding hydrogens is 385 g/mol. The summed E-state index contributed by atoms with van der Waals surface area (Å²) in [5, 5.41) is 3.40. The molecule has 0 atom stereocenters. The SMILES string of the molecule is CCc1ccc(N/C=C(/CCCN)N=C(C)N2CCN(SP(C)C)CC2)cc1. The highest BCUT2D eigenvalue weighted by molar-refractivity contribution is 8.54. The maximum Gasteiger partial charge on any atom is 0.101 e. The van der Waals surface area contributed by atoms with Crippen LogP contribution in [0.2, 0.25) is 0 Å². The van der Waals surface area contributed by atoms with E-state index in [1.54, 1.807) is 0 Å². The smallest absolute Gasteiger partial charge is 0.101 e. The first-order valence-corrected chi connectivity index (χ1v) is 13.8. The van der Waals surface area contributed by atoms with Gasteiger partial charge >= 0.3 is 0 Å². The lowest BCUT2D eigenvalue weighted by Gasteiger charge is -2.35. The van der Waals surface area contributed by atoms with Gasteiger partial charge < -0.3 is 16.0 Å². The van der Waals surface area contributed by atoms with Gasteiger partial charge in [0.15, 0.2) is 0 Å². The Balaban J connectivity index is 1.98. The van der Waals surface area contributed by atoms with Crippen LogP contribution in [0.25, 0.3) is 0 Å². The van der Waals surface area contributed by atoms with Crippen molar-refractivity contribution in [2.24, 2.45) is 10.7 Å². The molecule has 1 aliphatic rings. The topological polar surface area (TPSA) is 56.9 Å². The number of anilines is 1. The lowest BCUT2D eigenvalue weighted by molar-refractivity contribution is 0.282. The number of nitrogens with zero attached hydrogens (tertiary/aromatic N) is 3. The first-order chi connectivity index (χ1) is 13.5. The van der Waals surface area contributed by atoms with Crippen LogP contribution in [0.5, 0.6) is 0 Å². The maximum atomic E-state index is 5.73. The lowest BCUT2D eigenvalue weighted by Crippen LogP contribution is -2.45. The molecule has 0 saturated carbocycles. The molecule has 7 heteroatoms. The van der Waals surface area contributed by atoms with Crippen LogP contribution in [0.3, 0.4) is 0 Å². The molecule has 0 spiro atoms. The van der Waals surface area contributed by atoms with Gasteiger partial charge in [0, 0.05) is 38.1 Å². The molecule has 3 N–H and O–H groups in total. The summed E-state index contributed by atoms with van der Waals surface area (Å²) in [6.07, 6.45) is 4.93. The third kappa shape index (κ3) is 8.12. The Morgan fingerprint density at radius 2 is 1.89 bits per heavy atom. The molecular formula is C21H36N5PS. The molecule has 1 aliphatic heterocycles. The van der Waals surface area contributed by atoms with Crippen LogP contribution in [0.15, 0.2) is 41.2 Å². The second kappa shape index (κ2) is 12.5. The summed E-state index contributed by atoms with van der Waals surface area (Å²) < 4.78 is 2.50. The third-order valence-electron chi connectivity index (χ3n) is 4.69. The van der Waals surface area contributed by atoms with Gasteiger partial charge in [0.2, 0.25) is 0 Å². The highest BCUT2D eigenvalue weighted by Gasteiger charge is 2.19. The Kier molecular flexibility index (Phi) is 10.3. The van der Waals surface area contributed by atoms with E-state index in [2.05, 4.69) is 66.0 Å². The molecule has 156 valence electrons. The molecule has 0 bridgehead atoms. The number of hydrogen-bond acceptors (Lipinski definition) is 5. The fraction of sp³-hybridized carbons (Fsp3) is 0.571. The van der Waals surface area contributed by atoms with Crippen molar-refractivity contribution >= 4 is 30.2 Å². The molecule has 1 aromatic rings. The molecule has 1 fully saturated rings. The van der Waals surface area contributed by atoms with Gasteiger partial charge in [-0.15, -0.1) is 0 Å². The number of aryl methyl sites for hydroxylation is 1. The van der Waals surface area contributed by atoms with Gasteiger partial charge in [-0.2, -0.15) is 0 Å². The van der Waals surface area contributed by atoms with E-state index in [1.165, 1.54) is 5.56 Å². The van der Waals surface area contributed by atoms with Crippen molar-refractivity contribution < 1.29 is 0 Å². The number of amidine groups is 1. The number of allylic oxidation sites excluding steroid dienone is 1. The van der Waals surface area contributed by atoms with Gasteiger partial charge in [-0.25, -0.2) is 9.30 Å². The maximum absolute atomic E-state index is 5.73. The first-order valence-electron chi connectivity index (χ1n) is 10.2. The van der Waals surface area contributed by atoms with Crippen molar-refractivity contribution in [2.75, 3.05) is 51.4 Å². The van der Waals surface area contributed by atoms with Crippen molar-refractivity contribution in [3.8, 4) is 0 Å². The molecule has 28 heavy (non-hydrogen) atoms. The second-order valence-corrected chi connectivity index (χ2v) is 12.2. The van der Waals surface area contributed by atoms with Gasteiger partial charge in [-0.1, -0.05) is 30.6 Å². The summed E-state index contributed by atoms with van der Waals surface area (Å²) in [7, 11) is 0.0603. The van der Waals surface area contributed by atoms with Crippen LogP contribution in [0, 0.1) is 0 Å². The standard InChI is InChI=1S/C21H36N5PS/c1-5-19-8-10-20(11-9-19)23-17-21(7-6-12-22)24-18(2)25-13-15-26(16-14-25)28-27(3)4/h8-11,17,23H,5-7,12-16,22H2,1-4H3/b21-17-,24-18?. The van der Waals surface area contributed by atoms with Gasteiger partial charge in [0.25, 0.3) is 0 Å². The average molecular weight is 422 g/mol. The summed E-state index contributed by atoms with van der Waals surface area (Å²) in [4.78, 5) is 7.34. The quantitative estimate of drug-likeness (QED) is 0.264. The second-order valence-electron chi connectivity index (χ2n) is 7.19. The van der Waals surface area contributed by atoms with E-state index < -0.39 is 0 Å². The Bertz CT molecular complexity index is 637. The minimum Gasteiger partial charge on any atom is -0.360 e. The fourth-order valence-electron chi connectivity index (χ4n) is 3.05. The molecule has 0 aliphatic carbocycles. The van der Waals surface area contributed by atoms with E-state index in [4.69, 9.17) is 10.7 Å². The number of aliphatic imine (C=N–C) groups is 1. The molecule has 1 saturated heterocycles. The van der Waals surface area contributed by atoms with Gasteiger partial charge in [-0.05, 0) is 70.9 Å². The zero-order chi connectivity index (χ0) is 20.4. The summed E-state index contributed by atoms with van der Waals surface area (Å²) in [6.45, 7) is 13.9. The first kappa shape index (κ1) is 23.2. The van der Waals surface area contributed by atoms with E-state index >= 15 is 0 Å². The van der Waals surface area contributed by atoms with Gasteiger partial charge in [0.05, 0.1) is 5.70 Å². The van der Waals surface area contributed by atoms with Crippen molar-refractivity contribution in [3.63, 3.8) is 0 Å². The molecule has 0 aromatic heterocycles. The Hall–Kier alpha value is -1.07. The van der Waals surface area contributed by atoms with E-state index in [-0.39, 0.29) is 7.12 Å². The summed E-state index contributed by atoms with van der Waals surface area (Å²) in [5.74, 6) is 1.10. The van der Waals surface area contributed by atoms with Crippen LogP contribution in [-0.4, -0.2) is 61.1 Å². The number of benzene rings is 1. The van der Waals surface area contributed by atoms with Crippen LogP contribution in [-0.2, 0) is 6.42 Å². The lowest BCUT2D eigenvalue weighted by atomic mass is 10.1. The molecule has 0 amide bonds. The number of piperazine rings is 1. The van der Waals surface area contributed by atoms with Crippen LogP contribution >= 0.6 is 18.7 Å². The predicted octanol–water partition coefficient (Wildman–Crippen LogP) is 4.58. The van der Waals surface area contributed by atoms with E-state index in [0.717, 1.165) is 62.7 Å². The zero-order valence-electron chi connectivity index (χ0n) is 17.8. The van der Waals surface area contributed by atoms with Crippen LogP contribution in [0.1, 0.15) is 32.3 Å². The van der Waals surface area contributed by atoms with Crippen molar-refractivity contribution in [3.05, 3.63) is 41.7 Å². The van der Waals surface area contributed by atoms with Crippen LogP contribution in [0.4, 0.5) is 5.69 Å². The monoisotopic (exact) mass is 421 g/mol. The molecule has 2 rings (SSSR count). The van der Waals surface area contributed by atoms with E-state index in [1.807, 2.05) is 17.8 Å². The Labute approximate surface area is 176 Å². The summed E-state index contributed by atoms with van der Waals surface area (Å²) in [5.41, 5.74) is 9.24. The van der Waals surface area contributed by atoms with Crippen molar-refractivity contribution in [2.45, 2.75) is 33.1 Å². The normalized spacial score (nSPS) is 16.7. The van der Waals surface area contributed by atoms with E-state index in [9.17, 15) is 0 Å². The van der Waals surface area contributed by atoms with Crippen molar-refractivity contribution in [1.29, 1.82) is 0 Å². The number of nitrogens with two attached hydrogens (primary N) is 1. The Morgan fingerprint density at radius 1 is 1.21 bits per heavy atom. The number of nitrogens with one attached hydrogen (secondary N) is 1. The Morgan fingerprint density at radius 3 is 2.46 bits per heavy atom. The van der Waals surface area contributed by atoms with Gasteiger partial charge in [-0.3, -0.25) is 0 Å². The molecule has 5 nitrogen and oxygen atoms in total. The number of hydrogen-bond donors (Lipinski definition) is 2. The summed E-state index contributed by atoms with van der Waals surface area (Å²) >= 11 is 2.02. The predicted molar refractivity (Wildman–Crippen MR) is 128 cm³/mol. The third-order valence-corrected chi connectivity index (χ3v) is 7.28. The average Bonchev–Trinajstić information content (AvgIpc) is 2.70. The highest BCUT2D eigenvalue weighted by Crippen LogP contribution is 2.44. The molecule has 0 radical (unpaired) electrons. The van der Waals surface area contributed by atoms with Crippen molar-refractivity contribution in [1.82, 2.24) is 9.21 Å². The largest absolute Gasteiger partial charge is 0.360 e. The minimum atomic E-state index is 0.0603.